The first-order valence-electron chi connectivity index (χ1n) is 8.22. The Labute approximate surface area is 150 Å². The van der Waals surface area contributed by atoms with Crippen LogP contribution in [0.15, 0.2) is 57.7 Å². The maximum Gasteiger partial charge on any atom is 0.336 e. The number of aliphatic hydroxyl groups is 1. The molecule has 0 fully saturated rings. The van der Waals surface area contributed by atoms with Crippen molar-refractivity contribution < 1.29 is 19.1 Å². The smallest absolute Gasteiger partial charge is 0.336 e. The van der Waals surface area contributed by atoms with Crippen molar-refractivity contribution in [2.45, 2.75) is 13.3 Å². The van der Waals surface area contributed by atoms with E-state index in [1.54, 1.807) is 30.3 Å². The van der Waals surface area contributed by atoms with Crippen molar-refractivity contribution in [2.75, 3.05) is 18.5 Å². The van der Waals surface area contributed by atoms with Crippen LogP contribution in [0.5, 0.6) is 5.75 Å². The highest BCUT2D eigenvalue weighted by atomic mass is 16.5. The van der Waals surface area contributed by atoms with Crippen molar-refractivity contribution in [2.24, 2.45) is 0 Å². The van der Waals surface area contributed by atoms with Crippen LogP contribution in [0.25, 0.3) is 11.0 Å². The Morgan fingerprint density at radius 2 is 1.92 bits per heavy atom. The number of carbonyl (C=O) groups excluding carboxylic acids is 1. The van der Waals surface area contributed by atoms with E-state index in [0.717, 1.165) is 16.5 Å². The average Bonchev–Trinajstić information content (AvgIpc) is 2.61. The summed E-state index contributed by atoms with van der Waals surface area (Å²) in [6, 6.07) is 13.8. The number of aryl methyl sites for hydroxylation is 1. The van der Waals surface area contributed by atoms with Gasteiger partial charge in [0.15, 0.2) is 6.61 Å². The summed E-state index contributed by atoms with van der Waals surface area (Å²) in [6.45, 7) is 1.75. The van der Waals surface area contributed by atoms with Gasteiger partial charge in [0.25, 0.3) is 5.91 Å². The van der Waals surface area contributed by atoms with Crippen LogP contribution in [0.2, 0.25) is 0 Å². The molecule has 6 nitrogen and oxygen atoms in total. The van der Waals surface area contributed by atoms with Crippen LogP contribution < -0.4 is 15.7 Å². The van der Waals surface area contributed by atoms with Crippen LogP contribution in [-0.2, 0) is 11.2 Å². The molecule has 134 valence electrons. The molecule has 0 aliphatic carbocycles. The van der Waals surface area contributed by atoms with Crippen molar-refractivity contribution in [3.05, 3.63) is 70.1 Å². The number of nitrogens with one attached hydrogen (secondary N) is 1. The van der Waals surface area contributed by atoms with E-state index >= 15 is 0 Å². The number of carbonyl (C=O) groups is 1. The minimum absolute atomic E-state index is 0.0882. The van der Waals surface area contributed by atoms with Crippen molar-refractivity contribution in [1.82, 2.24) is 0 Å². The summed E-state index contributed by atoms with van der Waals surface area (Å²) in [5.41, 5.74) is 2.47. The van der Waals surface area contributed by atoms with Gasteiger partial charge < -0.3 is 19.6 Å². The maximum atomic E-state index is 12.0. The van der Waals surface area contributed by atoms with E-state index in [9.17, 15) is 9.59 Å². The molecular weight excluding hydrogens is 334 g/mol. The summed E-state index contributed by atoms with van der Waals surface area (Å²) in [6.07, 6.45) is 0.578. The molecule has 0 atom stereocenters. The largest absolute Gasteiger partial charge is 0.484 e. The molecule has 2 N–H and O–H groups in total. The van der Waals surface area contributed by atoms with Gasteiger partial charge in [-0.2, -0.15) is 0 Å². The standard InChI is InChI=1S/C20H19NO5/c1-13-10-20(24)26-18-11-16(6-7-17(13)18)25-12-19(23)21-15-4-2-14(3-5-15)8-9-22/h2-7,10-11,22H,8-9,12H2,1H3,(H,21,23). The van der Waals surface area contributed by atoms with E-state index in [4.69, 9.17) is 14.3 Å². The van der Waals surface area contributed by atoms with E-state index in [-0.39, 0.29) is 19.1 Å². The second kappa shape index (κ2) is 7.84. The molecule has 0 radical (unpaired) electrons. The number of anilines is 1. The highest BCUT2D eigenvalue weighted by Gasteiger charge is 2.07. The molecule has 0 spiro atoms. The molecule has 3 rings (SSSR count). The molecule has 0 bridgehead atoms. The first-order valence-corrected chi connectivity index (χ1v) is 8.22. The van der Waals surface area contributed by atoms with Gasteiger partial charge in [-0.15, -0.1) is 0 Å². The quantitative estimate of drug-likeness (QED) is 0.665. The Morgan fingerprint density at radius 3 is 2.65 bits per heavy atom. The summed E-state index contributed by atoms with van der Waals surface area (Å²) < 4.78 is 10.6. The van der Waals surface area contributed by atoms with Gasteiger partial charge in [0.1, 0.15) is 11.3 Å². The Balaban J connectivity index is 1.62. The Morgan fingerprint density at radius 1 is 1.15 bits per heavy atom. The molecule has 0 aliphatic rings. The fourth-order valence-corrected chi connectivity index (χ4v) is 2.62. The SMILES string of the molecule is Cc1cc(=O)oc2cc(OCC(=O)Nc3ccc(CCO)cc3)ccc12. The molecule has 1 heterocycles. The predicted molar refractivity (Wildman–Crippen MR) is 98.6 cm³/mol. The lowest BCUT2D eigenvalue weighted by Crippen LogP contribution is -2.20. The highest BCUT2D eigenvalue weighted by molar-refractivity contribution is 5.92. The third-order valence-electron chi connectivity index (χ3n) is 3.93. The molecule has 0 saturated heterocycles. The number of ether oxygens (including phenoxy) is 1. The minimum Gasteiger partial charge on any atom is -0.484 e. The number of aliphatic hydroxyl groups excluding tert-OH is 1. The number of amides is 1. The molecule has 6 heteroatoms. The Bertz CT molecular complexity index is 976. The molecule has 1 aromatic heterocycles. The fraction of sp³-hybridized carbons (Fsp3) is 0.200. The van der Waals surface area contributed by atoms with Crippen LogP contribution in [0.1, 0.15) is 11.1 Å². The zero-order valence-corrected chi connectivity index (χ0v) is 14.3. The van der Waals surface area contributed by atoms with Gasteiger partial charge >= 0.3 is 5.63 Å². The number of hydrogen-bond donors (Lipinski definition) is 2. The molecular formula is C20H19NO5. The van der Waals surface area contributed by atoms with Gasteiger partial charge in [-0.05, 0) is 48.7 Å². The van der Waals surface area contributed by atoms with E-state index in [2.05, 4.69) is 5.32 Å². The number of hydrogen-bond acceptors (Lipinski definition) is 5. The van der Waals surface area contributed by atoms with E-state index in [1.165, 1.54) is 6.07 Å². The fourth-order valence-electron chi connectivity index (χ4n) is 2.62. The van der Waals surface area contributed by atoms with Gasteiger partial charge in [0.05, 0.1) is 0 Å². The van der Waals surface area contributed by atoms with Crippen LogP contribution in [-0.4, -0.2) is 24.2 Å². The summed E-state index contributed by atoms with van der Waals surface area (Å²) in [5.74, 6) is 0.144. The van der Waals surface area contributed by atoms with Crippen molar-refractivity contribution in [1.29, 1.82) is 0 Å². The average molecular weight is 353 g/mol. The lowest BCUT2D eigenvalue weighted by Gasteiger charge is -2.09. The van der Waals surface area contributed by atoms with Crippen LogP contribution >= 0.6 is 0 Å². The number of rotatable bonds is 6. The van der Waals surface area contributed by atoms with Crippen LogP contribution in [0, 0.1) is 6.92 Å². The zero-order chi connectivity index (χ0) is 18.5. The van der Waals surface area contributed by atoms with Gasteiger partial charge in [-0.3, -0.25) is 4.79 Å². The van der Waals surface area contributed by atoms with Gasteiger partial charge in [-0.1, -0.05) is 12.1 Å². The summed E-state index contributed by atoms with van der Waals surface area (Å²) in [5, 5.41) is 12.5. The number of fused-ring (bicyclic) bond motifs is 1. The monoisotopic (exact) mass is 353 g/mol. The van der Waals surface area contributed by atoms with Crippen molar-refractivity contribution in [3.63, 3.8) is 0 Å². The Hall–Kier alpha value is -3.12. The van der Waals surface area contributed by atoms with E-state index in [1.807, 2.05) is 19.1 Å². The predicted octanol–water partition coefficient (Wildman–Crippen LogP) is 2.65. The lowest BCUT2D eigenvalue weighted by molar-refractivity contribution is -0.118. The van der Waals surface area contributed by atoms with E-state index < -0.39 is 5.63 Å². The molecule has 0 unspecified atom stereocenters. The van der Waals surface area contributed by atoms with Gasteiger partial charge in [-0.25, -0.2) is 4.79 Å². The van der Waals surface area contributed by atoms with Crippen LogP contribution in [0.3, 0.4) is 0 Å². The molecule has 2 aromatic carbocycles. The minimum atomic E-state index is -0.422. The molecule has 0 saturated carbocycles. The topological polar surface area (TPSA) is 88.8 Å². The van der Waals surface area contributed by atoms with Crippen LogP contribution in [0.4, 0.5) is 5.69 Å². The summed E-state index contributed by atoms with van der Waals surface area (Å²) in [4.78, 5) is 23.5. The summed E-state index contributed by atoms with van der Waals surface area (Å²) in [7, 11) is 0. The van der Waals surface area contributed by atoms with Crippen molar-refractivity contribution >= 4 is 22.6 Å². The normalized spacial score (nSPS) is 10.7. The van der Waals surface area contributed by atoms with E-state index in [0.29, 0.717) is 23.4 Å². The third kappa shape index (κ3) is 4.29. The third-order valence-corrected chi connectivity index (χ3v) is 3.93. The zero-order valence-electron chi connectivity index (χ0n) is 14.3. The lowest BCUT2D eigenvalue weighted by atomic mass is 10.1. The summed E-state index contributed by atoms with van der Waals surface area (Å²) >= 11 is 0. The molecule has 0 aliphatic heterocycles. The second-order valence-electron chi connectivity index (χ2n) is 5.91. The van der Waals surface area contributed by atoms with Crippen molar-refractivity contribution in [3.8, 4) is 5.75 Å². The van der Waals surface area contributed by atoms with Gasteiger partial charge in [0, 0.05) is 29.8 Å². The molecule has 1 amide bonds. The maximum absolute atomic E-state index is 12.0. The second-order valence-corrected chi connectivity index (χ2v) is 5.91. The van der Waals surface area contributed by atoms with Gasteiger partial charge in [0.2, 0.25) is 0 Å². The molecule has 26 heavy (non-hydrogen) atoms. The highest BCUT2D eigenvalue weighted by Crippen LogP contribution is 2.22. The first kappa shape index (κ1) is 17.7. The first-order chi connectivity index (χ1) is 12.5. The number of benzene rings is 2. The Kier molecular flexibility index (Phi) is 5.34. The molecule has 3 aromatic rings.